The minimum absolute atomic E-state index is 0.167. The number of pyridine rings is 1. The number of aryl methyl sites for hydroxylation is 1. The number of esters is 1. The summed E-state index contributed by atoms with van der Waals surface area (Å²) in [6.07, 6.45) is 6.62. The number of hydrogen-bond acceptors (Lipinski definition) is 2. The summed E-state index contributed by atoms with van der Waals surface area (Å²) in [7, 11) is 0. The molecule has 0 spiro atoms. The molecule has 0 aliphatic carbocycles. The van der Waals surface area contributed by atoms with Gasteiger partial charge in [0.15, 0.2) is 0 Å². The van der Waals surface area contributed by atoms with E-state index in [0.29, 0.717) is 13.0 Å². The van der Waals surface area contributed by atoms with E-state index in [9.17, 15) is 4.79 Å². The number of nitrogens with zero attached hydrogens (tertiary/aromatic N) is 2. The largest absolute Gasteiger partial charge is 0.457 e. The quantitative estimate of drug-likeness (QED) is 0.396. The SMILES string of the molecule is Cc1ccc2n(cc[n+]2CC2CC(c3ccccc3)(c3ccccc3)C(=O)O2)c1. The van der Waals surface area contributed by atoms with Crippen LogP contribution < -0.4 is 4.57 Å². The normalized spacial score (nSPS) is 18.1. The minimum atomic E-state index is -0.764. The van der Waals surface area contributed by atoms with Gasteiger partial charge >= 0.3 is 5.97 Å². The van der Waals surface area contributed by atoms with Crippen molar-refractivity contribution in [2.45, 2.75) is 31.4 Å². The Hall–Kier alpha value is -3.40. The standard InChI is InChI=1S/C25H23N2O2/c1-19-12-13-23-26(17-19)14-15-27(23)18-22-16-25(24(28)29-22,20-8-4-2-5-9-20)21-10-6-3-7-11-21/h2-15,17,22H,16,18H2,1H3/q+1. The van der Waals surface area contributed by atoms with Crippen molar-refractivity contribution in [1.82, 2.24) is 4.40 Å². The number of ether oxygens (including phenoxy) is 1. The van der Waals surface area contributed by atoms with Crippen LogP contribution in [0.5, 0.6) is 0 Å². The molecule has 3 heterocycles. The zero-order valence-electron chi connectivity index (χ0n) is 16.4. The number of hydrogen-bond donors (Lipinski definition) is 0. The van der Waals surface area contributed by atoms with Crippen LogP contribution in [0, 0.1) is 6.92 Å². The number of imidazole rings is 1. The second kappa shape index (κ2) is 6.89. The highest BCUT2D eigenvalue weighted by Crippen LogP contribution is 2.43. The monoisotopic (exact) mass is 383 g/mol. The van der Waals surface area contributed by atoms with Crippen LogP contribution in [0.15, 0.2) is 91.4 Å². The van der Waals surface area contributed by atoms with E-state index in [1.54, 1.807) is 0 Å². The molecule has 0 N–H and O–H groups in total. The molecule has 4 nitrogen and oxygen atoms in total. The Bertz CT molecular complexity index is 1130. The van der Waals surface area contributed by atoms with Crippen molar-refractivity contribution in [3.8, 4) is 0 Å². The van der Waals surface area contributed by atoms with Gasteiger partial charge in [-0.25, -0.2) is 8.97 Å². The Morgan fingerprint density at radius 2 is 1.66 bits per heavy atom. The van der Waals surface area contributed by atoms with Gasteiger partial charge in [-0.2, -0.15) is 0 Å². The van der Waals surface area contributed by atoms with Crippen molar-refractivity contribution in [1.29, 1.82) is 0 Å². The molecule has 0 amide bonds. The summed E-state index contributed by atoms with van der Waals surface area (Å²) in [5, 5.41) is 0. The minimum Gasteiger partial charge on any atom is -0.457 e. The summed E-state index contributed by atoms with van der Waals surface area (Å²) in [6, 6.07) is 24.2. The first-order valence-corrected chi connectivity index (χ1v) is 9.96. The van der Waals surface area contributed by atoms with E-state index in [0.717, 1.165) is 16.8 Å². The molecule has 0 radical (unpaired) electrons. The van der Waals surface area contributed by atoms with Crippen LogP contribution in [0.4, 0.5) is 0 Å². The summed E-state index contributed by atoms with van der Waals surface area (Å²) in [5.41, 5.74) is 3.50. The molecule has 1 fully saturated rings. The number of fused-ring (bicyclic) bond motifs is 1. The van der Waals surface area contributed by atoms with Crippen LogP contribution in [0.2, 0.25) is 0 Å². The smallest absolute Gasteiger partial charge is 0.321 e. The summed E-state index contributed by atoms with van der Waals surface area (Å²) in [5.74, 6) is -0.167. The summed E-state index contributed by atoms with van der Waals surface area (Å²) in [6.45, 7) is 2.71. The molecule has 144 valence electrons. The van der Waals surface area contributed by atoms with Gasteiger partial charge in [0.25, 0.3) is 5.65 Å². The summed E-state index contributed by atoms with van der Waals surface area (Å²) >= 11 is 0. The molecular weight excluding hydrogens is 360 g/mol. The highest BCUT2D eigenvalue weighted by molar-refractivity contribution is 5.89. The predicted molar refractivity (Wildman–Crippen MR) is 110 cm³/mol. The van der Waals surface area contributed by atoms with Gasteiger partial charge in [-0.05, 0) is 29.7 Å². The highest BCUT2D eigenvalue weighted by atomic mass is 16.6. The molecule has 5 rings (SSSR count). The van der Waals surface area contributed by atoms with Crippen LogP contribution in [-0.2, 0) is 21.5 Å². The Labute approximate surface area is 170 Å². The average Bonchev–Trinajstić information content (AvgIpc) is 3.30. The van der Waals surface area contributed by atoms with Gasteiger partial charge in [-0.15, -0.1) is 0 Å². The van der Waals surface area contributed by atoms with Crippen molar-refractivity contribution in [3.05, 3.63) is 108 Å². The van der Waals surface area contributed by atoms with Gasteiger partial charge in [0.1, 0.15) is 30.5 Å². The van der Waals surface area contributed by atoms with Crippen molar-refractivity contribution >= 4 is 11.6 Å². The van der Waals surface area contributed by atoms with E-state index < -0.39 is 5.41 Å². The summed E-state index contributed by atoms with van der Waals surface area (Å²) < 4.78 is 10.2. The van der Waals surface area contributed by atoms with E-state index in [1.807, 2.05) is 73.1 Å². The lowest BCUT2D eigenvalue weighted by Crippen LogP contribution is -2.39. The summed E-state index contributed by atoms with van der Waals surface area (Å²) in [4.78, 5) is 13.3. The van der Waals surface area contributed by atoms with Crippen LogP contribution >= 0.6 is 0 Å². The maximum Gasteiger partial charge on any atom is 0.321 e. The van der Waals surface area contributed by atoms with Gasteiger partial charge in [-0.1, -0.05) is 60.7 Å². The number of rotatable bonds is 4. The second-order valence-electron chi connectivity index (χ2n) is 7.79. The molecule has 1 atom stereocenters. The molecule has 0 bridgehead atoms. The van der Waals surface area contributed by atoms with Crippen LogP contribution in [0.3, 0.4) is 0 Å². The molecule has 4 heteroatoms. The Morgan fingerprint density at radius 3 is 2.31 bits per heavy atom. The number of benzene rings is 2. The fourth-order valence-corrected chi connectivity index (χ4v) is 4.49. The molecule has 1 saturated heterocycles. The van der Waals surface area contributed by atoms with E-state index in [-0.39, 0.29) is 12.1 Å². The van der Waals surface area contributed by atoms with Crippen LogP contribution in [0.1, 0.15) is 23.1 Å². The molecule has 29 heavy (non-hydrogen) atoms. The maximum atomic E-state index is 13.3. The third-order valence-corrected chi connectivity index (χ3v) is 5.89. The van der Waals surface area contributed by atoms with Gasteiger partial charge < -0.3 is 4.74 Å². The van der Waals surface area contributed by atoms with E-state index in [2.05, 4.69) is 34.2 Å². The first kappa shape index (κ1) is 17.7. The Morgan fingerprint density at radius 1 is 1.00 bits per heavy atom. The van der Waals surface area contributed by atoms with Crippen molar-refractivity contribution in [3.63, 3.8) is 0 Å². The molecular formula is C25H23N2O2+. The first-order valence-electron chi connectivity index (χ1n) is 9.96. The van der Waals surface area contributed by atoms with Gasteiger partial charge in [0.2, 0.25) is 0 Å². The lowest BCUT2D eigenvalue weighted by atomic mass is 9.72. The third-order valence-electron chi connectivity index (χ3n) is 5.89. The van der Waals surface area contributed by atoms with Crippen molar-refractivity contribution in [2.24, 2.45) is 0 Å². The third kappa shape index (κ3) is 2.92. The second-order valence-corrected chi connectivity index (χ2v) is 7.79. The number of carbonyl (C=O) groups is 1. The van der Waals surface area contributed by atoms with Crippen molar-refractivity contribution < 1.29 is 14.1 Å². The van der Waals surface area contributed by atoms with Crippen molar-refractivity contribution in [2.75, 3.05) is 0 Å². The lowest BCUT2D eigenvalue weighted by molar-refractivity contribution is -0.677. The van der Waals surface area contributed by atoms with Gasteiger partial charge in [0, 0.05) is 12.5 Å². The topological polar surface area (TPSA) is 34.6 Å². The highest BCUT2D eigenvalue weighted by Gasteiger charge is 2.52. The lowest BCUT2D eigenvalue weighted by Gasteiger charge is -2.26. The predicted octanol–water partition coefficient (Wildman–Crippen LogP) is 3.84. The van der Waals surface area contributed by atoms with Gasteiger partial charge in [-0.3, -0.25) is 4.79 Å². The van der Waals surface area contributed by atoms with Crippen LogP contribution in [0.25, 0.3) is 5.65 Å². The van der Waals surface area contributed by atoms with Gasteiger partial charge in [0.05, 0.1) is 6.20 Å². The van der Waals surface area contributed by atoms with E-state index in [1.165, 1.54) is 5.56 Å². The average molecular weight is 383 g/mol. The van der Waals surface area contributed by atoms with E-state index in [4.69, 9.17) is 4.74 Å². The molecule has 0 saturated carbocycles. The molecule has 1 aliphatic heterocycles. The Balaban J connectivity index is 1.52. The zero-order chi connectivity index (χ0) is 19.8. The number of aromatic nitrogens is 2. The number of cyclic esters (lactones) is 1. The number of carbonyl (C=O) groups excluding carboxylic acids is 1. The zero-order valence-corrected chi connectivity index (χ0v) is 16.4. The fourth-order valence-electron chi connectivity index (χ4n) is 4.49. The Kier molecular flexibility index (Phi) is 4.20. The van der Waals surface area contributed by atoms with Crippen LogP contribution in [-0.4, -0.2) is 16.5 Å². The molecule has 2 aromatic carbocycles. The maximum absolute atomic E-state index is 13.3. The molecule has 1 unspecified atom stereocenters. The molecule has 1 aliphatic rings. The molecule has 2 aromatic heterocycles. The molecule has 4 aromatic rings. The first-order chi connectivity index (χ1) is 14.2. The van der Waals surface area contributed by atoms with E-state index >= 15 is 0 Å². The fraction of sp³-hybridized carbons (Fsp3) is 0.200.